The van der Waals surface area contributed by atoms with E-state index in [0.717, 1.165) is 24.0 Å². The predicted octanol–water partition coefficient (Wildman–Crippen LogP) is 4.67. The molecule has 2 aromatic carbocycles. The standard InChI is InChI=1S/C30H42O8S/c1-20-11-13-25(14-12-20)39(33,34)37-18-17-26(31)21(2)29(36-19-24-9-7-6-8-10-24)22(3)27-15-16-28(38-27)23(4)30(32)35-5/h6-14,21-23,26-29,31H,15-19H2,1-5H3/t21-,22-,23-,26-,27+,28-,29+/m1/s1. The van der Waals surface area contributed by atoms with Gasteiger partial charge in [0.15, 0.2) is 0 Å². The molecule has 0 aromatic heterocycles. The molecule has 1 N–H and O–H groups in total. The Kier molecular flexibility index (Phi) is 11.5. The van der Waals surface area contributed by atoms with Crippen molar-refractivity contribution in [3.8, 4) is 0 Å². The lowest BCUT2D eigenvalue weighted by atomic mass is 9.84. The Hall–Kier alpha value is -2.30. The number of carbonyl (C=O) groups is 1. The molecule has 1 heterocycles. The Morgan fingerprint density at radius 2 is 1.67 bits per heavy atom. The molecule has 1 aliphatic rings. The van der Waals surface area contributed by atoms with Crippen LogP contribution in [0.1, 0.15) is 51.2 Å². The van der Waals surface area contributed by atoms with E-state index in [4.69, 9.17) is 18.4 Å². The highest BCUT2D eigenvalue weighted by molar-refractivity contribution is 7.86. The molecule has 0 bridgehead atoms. The predicted molar refractivity (Wildman–Crippen MR) is 147 cm³/mol. The monoisotopic (exact) mass is 562 g/mol. The molecule has 0 amide bonds. The Bertz CT molecular complexity index is 1140. The van der Waals surface area contributed by atoms with Gasteiger partial charge in [-0.15, -0.1) is 0 Å². The van der Waals surface area contributed by atoms with Crippen LogP contribution in [0.15, 0.2) is 59.5 Å². The maximum absolute atomic E-state index is 12.5. The second-order valence-corrected chi connectivity index (χ2v) is 12.1. The van der Waals surface area contributed by atoms with E-state index in [2.05, 4.69) is 0 Å². The van der Waals surface area contributed by atoms with Crippen molar-refractivity contribution in [1.29, 1.82) is 0 Å². The van der Waals surface area contributed by atoms with E-state index in [1.807, 2.05) is 58.0 Å². The quantitative estimate of drug-likeness (QED) is 0.262. The van der Waals surface area contributed by atoms with Gasteiger partial charge in [0, 0.05) is 11.8 Å². The number of aliphatic hydroxyl groups excluding tert-OH is 1. The van der Waals surface area contributed by atoms with Gasteiger partial charge in [0.1, 0.15) is 0 Å². The minimum Gasteiger partial charge on any atom is -0.469 e. The van der Waals surface area contributed by atoms with Crippen molar-refractivity contribution in [1.82, 2.24) is 0 Å². The number of benzene rings is 2. The number of hydrogen-bond donors (Lipinski definition) is 1. The molecule has 0 spiro atoms. The topological polar surface area (TPSA) is 108 Å². The molecule has 1 fully saturated rings. The van der Waals surface area contributed by atoms with Crippen LogP contribution in [0.25, 0.3) is 0 Å². The van der Waals surface area contributed by atoms with Crippen molar-refractivity contribution in [2.45, 2.75) is 82.9 Å². The summed E-state index contributed by atoms with van der Waals surface area (Å²) in [6.07, 6.45) is -0.0236. The van der Waals surface area contributed by atoms with E-state index in [-0.39, 0.29) is 60.0 Å². The van der Waals surface area contributed by atoms with Gasteiger partial charge < -0.3 is 19.3 Å². The lowest BCUT2D eigenvalue weighted by Gasteiger charge is -2.35. The number of methoxy groups -OCH3 is 1. The maximum atomic E-state index is 12.5. The van der Waals surface area contributed by atoms with Crippen LogP contribution in [0.4, 0.5) is 0 Å². The normalized spacial score (nSPS) is 21.6. The molecule has 9 heteroatoms. The number of rotatable bonds is 14. The SMILES string of the molecule is COC(=O)[C@H](C)[C@H]1CC[C@@H]([C@@H](C)[C@@H](OCc2ccccc2)[C@H](C)[C@H](O)CCOS(=O)(=O)c2ccc(C)cc2)O1. The summed E-state index contributed by atoms with van der Waals surface area (Å²) in [5.41, 5.74) is 1.96. The summed E-state index contributed by atoms with van der Waals surface area (Å²) in [6, 6.07) is 16.2. The van der Waals surface area contributed by atoms with Gasteiger partial charge in [-0.3, -0.25) is 8.98 Å². The summed E-state index contributed by atoms with van der Waals surface area (Å²) in [6.45, 7) is 7.83. The lowest BCUT2D eigenvalue weighted by molar-refractivity contribution is -0.152. The van der Waals surface area contributed by atoms with E-state index < -0.39 is 16.2 Å². The van der Waals surface area contributed by atoms with Crippen molar-refractivity contribution >= 4 is 16.1 Å². The van der Waals surface area contributed by atoms with Crippen molar-refractivity contribution in [3.05, 3.63) is 65.7 Å². The van der Waals surface area contributed by atoms with E-state index in [1.54, 1.807) is 12.1 Å². The van der Waals surface area contributed by atoms with E-state index in [9.17, 15) is 18.3 Å². The molecule has 1 aliphatic heterocycles. The minimum atomic E-state index is -3.92. The first kappa shape index (κ1) is 31.2. The molecule has 8 nitrogen and oxygen atoms in total. The highest BCUT2D eigenvalue weighted by Crippen LogP contribution is 2.35. The third kappa shape index (κ3) is 8.59. The van der Waals surface area contributed by atoms with Gasteiger partial charge in [-0.1, -0.05) is 61.9 Å². The lowest BCUT2D eigenvalue weighted by Crippen LogP contribution is -2.41. The molecule has 7 atom stereocenters. The number of aryl methyl sites for hydroxylation is 1. The molecule has 216 valence electrons. The molecular formula is C30H42O8S. The molecular weight excluding hydrogens is 520 g/mol. The number of aliphatic hydroxyl groups is 1. The van der Waals surface area contributed by atoms with Crippen LogP contribution < -0.4 is 0 Å². The van der Waals surface area contributed by atoms with Crippen LogP contribution in [0, 0.1) is 24.7 Å². The average molecular weight is 563 g/mol. The average Bonchev–Trinajstić information content (AvgIpc) is 3.43. The van der Waals surface area contributed by atoms with Gasteiger partial charge in [-0.25, -0.2) is 0 Å². The van der Waals surface area contributed by atoms with Crippen LogP contribution in [0.2, 0.25) is 0 Å². The highest BCUT2D eigenvalue weighted by atomic mass is 32.2. The van der Waals surface area contributed by atoms with Crippen molar-refractivity contribution in [3.63, 3.8) is 0 Å². The Labute approximate surface area is 232 Å². The van der Waals surface area contributed by atoms with Gasteiger partial charge in [0.05, 0.1) is 55.6 Å². The highest BCUT2D eigenvalue weighted by Gasteiger charge is 2.41. The molecule has 0 radical (unpaired) electrons. The maximum Gasteiger partial charge on any atom is 0.311 e. The van der Waals surface area contributed by atoms with Crippen LogP contribution in [0.5, 0.6) is 0 Å². The molecule has 3 rings (SSSR count). The third-order valence-corrected chi connectivity index (χ3v) is 9.02. The first-order valence-corrected chi connectivity index (χ1v) is 15.0. The van der Waals surface area contributed by atoms with Crippen LogP contribution in [-0.4, -0.2) is 57.6 Å². The fourth-order valence-electron chi connectivity index (χ4n) is 5.08. The summed E-state index contributed by atoms with van der Waals surface area (Å²) >= 11 is 0. The van der Waals surface area contributed by atoms with Gasteiger partial charge in [-0.2, -0.15) is 8.42 Å². The van der Waals surface area contributed by atoms with Gasteiger partial charge in [0.25, 0.3) is 10.1 Å². The molecule has 1 saturated heterocycles. The smallest absolute Gasteiger partial charge is 0.311 e. The summed E-state index contributed by atoms with van der Waals surface area (Å²) in [5, 5.41) is 11.1. The zero-order valence-corrected chi connectivity index (χ0v) is 24.3. The summed E-state index contributed by atoms with van der Waals surface area (Å²) in [5.74, 6) is -1.10. The van der Waals surface area contributed by atoms with Crippen LogP contribution >= 0.6 is 0 Å². The fraction of sp³-hybridized carbons (Fsp3) is 0.567. The van der Waals surface area contributed by atoms with Gasteiger partial charge in [0.2, 0.25) is 0 Å². The van der Waals surface area contributed by atoms with E-state index in [1.165, 1.54) is 19.2 Å². The van der Waals surface area contributed by atoms with Crippen LogP contribution in [0.3, 0.4) is 0 Å². The summed E-state index contributed by atoms with van der Waals surface area (Å²) in [7, 11) is -2.54. The summed E-state index contributed by atoms with van der Waals surface area (Å²) < 4.78 is 47.9. The number of ether oxygens (including phenoxy) is 3. The van der Waals surface area contributed by atoms with Crippen LogP contribution in [-0.2, 0) is 39.9 Å². The van der Waals surface area contributed by atoms with Gasteiger partial charge in [-0.05, 0) is 50.8 Å². The van der Waals surface area contributed by atoms with E-state index in [0.29, 0.717) is 6.61 Å². The zero-order chi connectivity index (χ0) is 28.6. The largest absolute Gasteiger partial charge is 0.469 e. The third-order valence-electron chi connectivity index (χ3n) is 7.69. The van der Waals surface area contributed by atoms with Crippen molar-refractivity contribution in [2.75, 3.05) is 13.7 Å². The van der Waals surface area contributed by atoms with Crippen molar-refractivity contribution in [2.24, 2.45) is 17.8 Å². The number of esters is 1. The zero-order valence-electron chi connectivity index (χ0n) is 23.5. The minimum absolute atomic E-state index is 0.0856. The van der Waals surface area contributed by atoms with Crippen molar-refractivity contribution < 1.29 is 36.7 Å². The first-order chi connectivity index (χ1) is 18.5. The molecule has 39 heavy (non-hydrogen) atoms. The molecule has 2 aromatic rings. The fourth-order valence-corrected chi connectivity index (χ4v) is 6.00. The molecule has 0 aliphatic carbocycles. The summed E-state index contributed by atoms with van der Waals surface area (Å²) in [4.78, 5) is 12.1. The number of hydrogen-bond acceptors (Lipinski definition) is 8. The molecule has 0 saturated carbocycles. The Morgan fingerprint density at radius 3 is 2.31 bits per heavy atom. The Balaban J connectivity index is 1.65. The van der Waals surface area contributed by atoms with E-state index >= 15 is 0 Å². The Morgan fingerprint density at radius 1 is 1.03 bits per heavy atom. The number of carbonyl (C=O) groups excluding carboxylic acids is 1. The molecule has 0 unspecified atom stereocenters. The second kappa shape index (κ2) is 14.4. The van der Waals surface area contributed by atoms with Gasteiger partial charge >= 0.3 is 5.97 Å². The second-order valence-electron chi connectivity index (χ2n) is 10.5. The first-order valence-electron chi connectivity index (χ1n) is 13.6.